The minimum atomic E-state index is -4.65. The summed E-state index contributed by atoms with van der Waals surface area (Å²) < 4.78 is 39.4. The molecule has 0 spiro atoms. The topological polar surface area (TPSA) is 39.3 Å². The fourth-order valence-corrected chi connectivity index (χ4v) is 1.83. The van der Waals surface area contributed by atoms with Crippen molar-refractivity contribution in [1.82, 2.24) is 14.2 Å². The van der Waals surface area contributed by atoms with Crippen LogP contribution in [0.25, 0.3) is 5.65 Å². The second kappa shape index (κ2) is 3.34. The van der Waals surface area contributed by atoms with Gasteiger partial charge in [-0.25, -0.2) is 4.98 Å². The highest BCUT2D eigenvalue weighted by molar-refractivity contribution is 9.10. The van der Waals surface area contributed by atoms with E-state index in [1.165, 1.54) is 24.0 Å². The maximum absolute atomic E-state index is 12.5. The minimum Gasteiger partial charge on any atom is -0.287 e. The molecular weight excluding hydrogens is 291 g/mol. The van der Waals surface area contributed by atoms with Crippen LogP contribution in [0, 0.1) is 0 Å². The molecule has 2 rings (SSSR count). The van der Waals surface area contributed by atoms with Crippen LogP contribution in [0.1, 0.15) is 5.69 Å². The number of nitrogens with zero attached hydrogens (tertiary/aromatic N) is 3. The average molecular weight is 296 g/mol. The Morgan fingerprint density at radius 3 is 2.62 bits per heavy atom. The highest BCUT2D eigenvalue weighted by Crippen LogP contribution is 2.31. The third kappa shape index (κ3) is 1.53. The van der Waals surface area contributed by atoms with Crippen molar-refractivity contribution in [3.05, 3.63) is 32.8 Å². The summed E-state index contributed by atoms with van der Waals surface area (Å²) in [4.78, 5) is 15.0. The molecule has 0 unspecified atom stereocenters. The molecule has 0 saturated carbocycles. The zero-order valence-corrected chi connectivity index (χ0v) is 9.50. The van der Waals surface area contributed by atoms with Crippen molar-refractivity contribution in [2.45, 2.75) is 6.18 Å². The van der Waals surface area contributed by atoms with Crippen molar-refractivity contribution < 1.29 is 13.2 Å². The molecule has 4 nitrogen and oxygen atoms in total. The molecule has 8 heteroatoms. The van der Waals surface area contributed by atoms with E-state index in [0.717, 1.165) is 4.52 Å². The molecule has 16 heavy (non-hydrogen) atoms. The largest absolute Gasteiger partial charge is 0.434 e. The van der Waals surface area contributed by atoms with E-state index in [1.54, 1.807) is 0 Å². The fourth-order valence-electron chi connectivity index (χ4n) is 1.35. The van der Waals surface area contributed by atoms with E-state index in [1.807, 2.05) is 0 Å². The van der Waals surface area contributed by atoms with Crippen LogP contribution < -0.4 is 5.56 Å². The summed E-state index contributed by atoms with van der Waals surface area (Å²) in [6, 6.07) is 1.34. The predicted molar refractivity (Wildman–Crippen MR) is 53.1 cm³/mol. The number of aromatic nitrogens is 3. The Morgan fingerprint density at radius 1 is 1.44 bits per heavy atom. The average Bonchev–Trinajstić information content (AvgIpc) is 2.52. The summed E-state index contributed by atoms with van der Waals surface area (Å²) in [5, 5.41) is 0. The minimum absolute atomic E-state index is 0.0389. The second-order valence-corrected chi connectivity index (χ2v) is 3.93. The SMILES string of the molecule is Cn1ccc2nc(C(F)(F)F)c(Br)c(=O)n21. The molecule has 86 valence electrons. The quantitative estimate of drug-likeness (QED) is 0.744. The number of halogens is 4. The zero-order valence-electron chi connectivity index (χ0n) is 7.92. The Bertz CT molecular complexity index is 613. The van der Waals surface area contributed by atoms with Gasteiger partial charge in [0.15, 0.2) is 11.3 Å². The predicted octanol–water partition coefficient (Wildman–Crippen LogP) is 1.81. The number of hydrogen-bond acceptors (Lipinski definition) is 2. The van der Waals surface area contributed by atoms with Crippen molar-refractivity contribution in [2.75, 3.05) is 0 Å². The molecule has 2 heterocycles. The molecule has 2 aromatic heterocycles. The number of fused-ring (bicyclic) bond motifs is 1. The van der Waals surface area contributed by atoms with E-state index >= 15 is 0 Å². The van der Waals surface area contributed by atoms with Crippen molar-refractivity contribution in [3.8, 4) is 0 Å². The van der Waals surface area contributed by atoms with Crippen LogP contribution in [-0.4, -0.2) is 14.2 Å². The summed E-state index contributed by atoms with van der Waals surface area (Å²) >= 11 is 2.63. The van der Waals surface area contributed by atoms with E-state index in [0.29, 0.717) is 0 Å². The number of aryl methyl sites for hydroxylation is 1. The van der Waals surface area contributed by atoms with Crippen LogP contribution in [0.15, 0.2) is 21.5 Å². The smallest absolute Gasteiger partial charge is 0.287 e. The van der Waals surface area contributed by atoms with E-state index < -0.39 is 21.9 Å². The molecule has 0 fully saturated rings. The first-order chi connectivity index (χ1) is 7.32. The molecule has 0 aliphatic rings. The number of alkyl halides is 3. The third-order valence-electron chi connectivity index (χ3n) is 2.05. The van der Waals surface area contributed by atoms with Gasteiger partial charge in [-0.3, -0.25) is 9.48 Å². The van der Waals surface area contributed by atoms with E-state index in [-0.39, 0.29) is 5.65 Å². The molecule has 0 bridgehead atoms. The normalized spacial score (nSPS) is 12.3. The Labute approximate surface area is 95.4 Å². The van der Waals surface area contributed by atoms with Gasteiger partial charge in [-0.15, -0.1) is 0 Å². The standard InChI is InChI=1S/C8H5BrF3N3O/c1-14-3-2-4-13-6(8(10,11)12)5(9)7(16)15(4)14/h2-3H,1H3. The van der Waals surface area contributed by atoms with Gasteiger partial charge in [0.05, 0.1) is 0 Å². The van der Waals surface area contributed by atoms with E-state index in [9.17, 15) is 18.0 Å². The lowest BCUT2D eigenvalue weighted by molar-refractivity contribution is -0.141. The van der Waals surface area contributed by atoms with Gasteiger partial charge in [0, 0.05) is 19.3 Å². The molecule has 0 aliphatic heterocycles. The van der Waals surface area contributed by atoms with Crippen molar-refractivity contribution in [3.63, 3.8) is 0 Å². The summed E-state index contributed by atoms with van der Waals surface area (Å²) in [5.41, 5.74) is -2.03. The molecule has 0 atom stereocenters. The van der Waals surface area contributed by atoms with Gasteiger partial charge in [-0.05, 0) is 15.9 Å². The van der Waals surface area contributed by atoms with Crippen molar-refractivity contribution in [1.29, 1.82) is 0 Å². The first-order valence-electron chi connectivity index (χ1n) is 4.13. The first kappa shape index (κ1) is 11.2. The lowest BCUT2D eigenvalue weighted by Crippen LogP contribution is -2.25. The summed E-state index contributed by atoms with van der Waals surface area (Å²) in [6.45, 7) is 0. The van der Waals surface area contributed by atoms with Crippen LogP contribution in [0.2, 0.25) is 0 Å². The molecule has 2 aromatic rings. The van der Waals surface area contributed by atoms with Gasteiger partial charge in [-0.2, -0.15) is 17.7 Å². The van der Waals surface area contributed by atoms with Crippen molar-refractivity contribution in [2.24, 2.45) is 7.05 Å². The van der Waals surface area contributed by atoms with E-state index in [4.69, 9.17) is 0 Å². The van der Waals surface area contributed by atoms with Gasteiger partial charge in [0.25, 0.3) is 5.56 Å². The van der Waals surface area contributed by atoms with Crippen LogP contribution in [0.4, 0.5) is 13.2 Å². The summed E-state index contributed by atoms with van der Waals surface area (Å²) in [6.07, 6.45) is -3.20. The van der Waals surface area contributed by atoms with Crippen LogP contribution >= 0.6 is 15.9 Å². The monoisotopic (exact) mass is 295 g/mol. The van der Waals surface area contributed by atoms with Crippen LogP contribution in [0.3, 0.4) is 0 Å². The molecule has 0 aromatic carbocycles. The second-order valence-electron chi connectivity index (χ2n) is 3.14. The third-order valence-corrected chi connectivity index (χ3v) is 2.77. The van der Waals surface area contributed by atoms with Gasteiger partial charge in [-0.1, -0.05) is 0 Å². The van der Waals surface area contributed by atoms with Gasteiger partial charge in [0.2, 0.25) is 0 Å². The Balaban J connectivity index is 2.92. The van der Waals surface area contributed by atoms with E-state index in [2.05, 4.69) is 20.9 Å². The number of hydrogen-bond donors (Lipinski definition) is 0. The lowest BCUT2D eigenvalue weighted by Gasteiger charge is -2.08. The highest BCUT2D eigenvalue weighted by atomic mass is 79.9. The van der Waals surface area contributed by atoms with Gasteiger partial charge >= 0.3 is 6.18 Å². The molecule has 0 aliphatic carbocycles. The first-order valence-corrected chi connectivity index (χ1v) is 4.92. The Hall–Kier alpha value is -1.31. The Kier molecular flexibility index (Phi) is 2.33. The van der Waals surface area contributed by atoms with Crippen LogP contribution in [0.5, 0.6) is 0 Å². The highest BCUT2D eigenvalue weighted by Gasteiger charge is 2.37. The molecular formula is C8H5BrF3N3O. The molecule has 0 saturated heterocycles. The molecule has 0 radical (unpaired) electrons. The summed E-state index contributed by atoms with van der Waals surface area (Å²) in [7, 11) is 1.54. The van der Waals surface area contributed by atoms with Gasteiger partial charge < -0.3 is 0 Å². The Morgan fingerprint density at radius 2 is 2.06 bits per heavy atom. The zero-order chi connectivity index (χ0) is 12.1. The van der Waals surface area contributed by atoms with Gasteiger partial charge in [0.1, 0.15) is 4.47 Å². The fraction of sp³-hybridized carbons (Fsp3) is 0.250. The molecule has 0 N–H and O–H groups in total. The van der Waals surface area contributed by atoms with Crippen molar-refractivity contribution >= 4 is 21.6 Å². The maximum atomic E-state index is 12.5. The number of rotatable bonds is 0. The van der Waals surface area contributed by atoms with Crippen LogP contribution in [-0.2, 0) is 13.2 Å². The summed E-state index contributed by atoms with van der Waals surface area (Å²) in [5.74, 6) is 0. The maximum Gasteiger partial charge on any atom is 0.434 e. The lowest BCUT2D eigenvalue weighted by atomic mass is 10.4. The molecule has 0 amide bonds.